The van der Waals surface area contributed by atoms with Crippen LogP contribution in [-0.4, -0.2) is 29.4 Å². The molecule has 94 valence electrons. The summed E-state index contributed by atoms with van der Waals surface area (Å²) in [5.41, 5.74) is 0.154. The summed E-state index contributed by atoms with van der Waals surface area (Å²) < 4.78 is 6.13. The van der Waals surface area contributed by atoms with Gasteiger partial charge in [-0.25, -0.2) is 4.79 Å². The first kappa shape index (κ1) is 14.0. The maximum Gasteiger partial charge on any atom is 0.339 e. The number of aromatic carboxylic acids is 1. The van der Waals surface area contributed by atoms with Gasteiger partial charge in [-0.15, -0.1) is 0 Å². The van der Waals surface area contributed by atoms with Gasteiger partial charge in [0, 0.05) is 11.1 Å². The molecule has 0 atom stereocenters. The van der Waals surface area contributed by atoms with Gasteiger partial charge >= 0.3 is 5.97 Å². The second kappa shape index (κ2) is 7.29. The number of carbonyl (C=O) groups is 1. The Labute approximate surface area is 108 Å². The predicted molar refractivity (Wildman–Crippen MR) is 67.5 cm³/mol. The Kier molecular flexibility index (Phi) is 6.00. The van der Waals surface area contributed by atoms with Crippen LogP contribution in [0.1, 0.15) is 29.6 Å². The van der Waals surface area contributed by atoms with Gasteiger partial charge < -0.3 is 14.9 Å². The molecule has 0 saturated heterocycles. The highest BCUT2D eigenvalue weighted by Crippen LogP contribution is 2.23. The van der Waals surface area contributed by atoms with Gasteiger partial charge in [-0.05, 0) is 37.5 Å². The Bertz CT molecular complexity index is 379. The van der Waals surface area contributed by atoms with Gasteiger partial charge in [0.15, 0.2) is 0 Å². The smallest absolute Gasteiger partial charge is 0.339 e. The number of rotatable bonds is 7. The summed E-state index contributed by atoms with van der Waals surface area (Å²) in [5.74, 6) is -0.624. The minimum absolute atomic E-state index is 0.154. The van der Waals surface area contributed by atoms with E-state index in [1.54, 1.807) is 12.1 Å². The van der Waals surface area contributed by atoms with Crippen molar-refractivity contribution in [2.45, 2.75) is 19.3 Å². The number of ether oxygens (including phenoxy) is 1. The van der Waals surface area contributed by atoms with E-state index in [9.17, 15) is 4.79 Å². The van der Waals surface area contributed by atoms with Gasteiger partial charge in [0.2, 0.25) is 0 Å². The SMILES string of the molecule is O=C(O)c1cc(Br)ccc1OCCCCCO. The van der Waals surface area contributed by atoms with E-state index in [2.05, 4.69) is 15.9 Å². The summed E-state index contributed by atoms with van der Waals surface area (Å²) in [4.78, 5) is 11.0. The normalized spacial score (nSPS) is 10.2. The third-order valence-electron chi connectivity index (χ3n) is 2.23. The van der Waals surface area contributed by atoms with Crippen LogP contribution in [0.2, 0.25) is 0 Å². The number of halogens is 1. The average Bonchev–Trinajstić information content (AvgIpc) is 2.30. The Morgan fingerprint density at radius 2 is 2.06 bits per heavy atom. The molecule has 0 radical (unpaired) electrons. The largest absolute Gasteiger partial charge is 0.493 e. The molecule has 0 heterocycles. The fourth-order valence-electron chi connectivity index (χ4n) is 1.37. The highest BCUT2D eigenvalue weighted by atomic mass is 79.9. The second-order valence-electron chi connectivity index (χ2n) is 3.58. The molecule has 0 aliphatic carbocycles. The number of aliphatic hydroxyl groups is 1. The molecule has 17 heavy (non-hydrogen) atoms. The molecule has 0 unspecified atom stereocenters. The first-order valence-corrected chi connectivity index (χ1v) is 6.21. The molecule has 4 nitrogen and oxygen atoms in total. The van der Waals surface area contributed by atoms with Gasteiger partial charge in [0.25, 0.3) is 0 Å². The van der Waals surface area contributed by atoms with Gasteiger partial charge in [-0.3, -0.25) is 0 Å². The number of hydrogen-bond donors (Lipinski definition) is 2. The topological polar surface area (TPSA) is 66.8 Å². The standard InChI is InChI=1S/C12H15BrO4/c13-9-4-5-11(10(8-9)12(15)16)17-7-3-1-2-6-14/h4-5,8,14H,1-3,6-7H2,(H,15,16). The lowest BCUT2D eigenvalue weighted by Gasteiger charge is -2.09. The summed E-state index contributed by atoms with van der Waals surface area (Å²) in [6.45, 7) is 0.639. The molecule has 0 saturated carbocycles. The van der Waals surface area contributed by atoms with E-state index in [1.165, 1.54) is 6.07 Å². The Balaban J connectivity index is 2.55. The van der Waals surface area contributed by atoms with Crippen LogP contribution in [0.3, 0.4) is 0 Å². The maximum atomic E-state index is 11.0. The Morgan fingerprint density at radius 3 is 2.71 bits per heavy atom. The molecule has 0 bridgehead atoms. The Morgan fingerprint density at radius 1 is 1.29 bits per heavy atom. The van der Waals surface area contributed by atoms with Crippen LogP contribution < -0.4 is 4.74 Å². The van der Waals surface area contributed by atoms with Gasteiger partial charge in [0.1, 0.15) is 11.3 Å². The third kappa shape index (κ3) is 4.75. The van der Waals surface area contributed by atoms with Crippen molar-refractivity contribution in [3.8, 4) is 5.75 Å². The van der Waals surface area contributed by atoms with Crippen molar-refractivity contribution >= 4 is 21.9 Å². The molecule has 5 heteroatoms. The zero-order valence-electron chi connectivity index (χ0n) is 9.36. The molecular weight excluding hydrogens is 288 g/mol. The van der Waals surface area contributed by atoms with Gasteiger partial charge in [-0.2, -0.15) is 0 Å². The first-order valence-electron chi connectivity index (χ1n) is 5.41. The van der Waals surface area contributed by atoms with Crippen LogP contribution in [0.5, 0.6) is 5.75 Å². The number of unbranched alkanes of at least 4 members (excludes halogenated alkanes) is 2. The molecule has 1 rings (SSSR count). The zero-order chi connectivity index (χ0) is 12.7. The molecule has 1 aromatic rings. The average molecular weight is 303 g/mol. The minimum atomic E-state index is -1.00. The number of carboxylic acid groups (broad SMARTS) is 1. The lowest BCUT2D eigenvalue weighted by Crippen LogP contribution is -2.04. The summed E-state index contributed by atoms with van der Waals surface area (Å²) in [5, 5.41) is 17.6. The quantitative estimate of drug-likeness (QED) is 0.760. The van der Waals surface area contributed by atoms with Crippen LogP contribution in [-0.2, 0) is 0 Å². The van der Waals surface area contributed by atoms with Crippen molar-refractivity contribution in [3.05, 3.63) is 28.2 Å². The van der Waals surface area contributed by atoms with E-state index in [0.717, 1.165) is 19.3 Å². The van der Waals surface area contributed by atoms with E-state index in [1.807, 2.05) is 0 Å². The van der Waals surface area contributed by atoms with E-state index < -0.39 is 5.97 Å². The lowest BCUT2D eigenvalue weighted by atomic mass is 10.2. The monoisotopic (exact) mass is 302 g/mol. The summed E-state index contributed by atoms with van der Waals surface area (Å²) in [6, 6.07) is 4.90. The summed E-state index contributed by atoms with van der Waals surface area (Å²) >= 11 is 3.22. The molecular formula is C12H15BrO4. The highest BCUT2D eigenvalue weighted by Gasteiger charge is 2.11. The van der Waals surface area contributed by atoms with Gasteiger partial charge in [0.05, 0.1) is 6.61 Å². The third-order valence-corrected chi connectivity index (χ3v) is 2.73. The molecule has 0 aromatic heterocycles. The summed E-state index contributed by atoms with van der Waals surface area (Å²) in [6.07, 6.45) is 2.42. The predicted octanol–water partition coefficient (Wildman–Crippen LogP) is 2.69. The van der Waals surface area contributed by atoms with E-state index >= 15 is 0 Å². The first-order chi connectivity index (χ1) is 8.15. The van der Waals surface area contributed by atoms with E-state index in [0.29, 0.717) is 16.8 Å². The summed E-state index contributed by atoms with van der Waals surface area (Å²) in [7, 11) is 0. The molecule has 2 N–H and O–H groups in total. The van der Waals surface area contributed by atoms with Crippen LogP contribution in [0.25, 0.3) is 0 Å². The second-order valence-corrected chi connectivity index (χ2v) is 4.49. The molecule has 0 amide bonds. The van der Waals surface area contributed by atoms with Crippen molar-refractivity contribution in [2.75, 3.05) is 13.2 Å². The van der Waals surface area contributed by atoms with E-state index in [-0.39, 0.29) is 12.2 Å². The minimum Gasteiger partial charge on any atom is -0.493 e. The number of aliphatic hydroxyl groups excluding tert-OH is 1. The van der Waals surface area contributed by atoms with Crippen molar-refractivity contribution < 1.29 is 19.7 Å². The van der Waals surface area contributed by atoms with Crippen LogP contribution in [0.4, 0.5) is 0 Å². The van der Waals surface area contributed by atoms with E-state index in [4.69, 9.17) is 14.9 Å². The molecule has 0 fully saturated rings. The Hall–Kier alpha value is -1.07. The zero-order valence-corrected chi connectivity index (χ0v) is 10.9. The fourth-order valence-corrected chi connectivity index (χ4v) is 1.73. The van der Waals surface area contributed by atoms with Crippen molar-refractivity contribution in [2.24, 2.45) is 0 Å². The molecule has 0 aliphatic rings. The van der Waals surface area contributed by atoms with Gasteiger partial charge in [-0.1, -0.05) is 15.9 Å². The van der Waals surface area contributed by atoms with Crippen molar-refractivity contribution in [3.63, 3.8) is 0 Å². The fraction of sp³-hybridized carbons (Fsp3) is 0.417. The highest BCUT2D eigenvalue weighted by molar-refractivity contribution is 9.10. The van der Waals surface area contributed by atoms with Crippen LogP contribution in [0, 0.1) is 0 Å². The van der Waals surface area contributed by atoms with Crippen LogP contribution >= 0.6 is 15.9 Å². The van der Waals surface area contributed by atoms with Crippen molar-refractivity contribution in [1.82, 2.24) is 0 Å². The molecule has 0 spiro atoms. The number of carboxylic acids is 1. The number of benzene rings is 1. The maximum absolute atomic E-state index is 11.0. The molecule has 1 aromatic carbocycles. The van der Waals surface area contributed by atoms with Crippen LogP contribution in [0.15, 0.2) is 22.7 Å². The van der Waals surface area contributed by atoms with Crippen molar-refractivity contribution in [1.29, 1.82) is 0 Å². The number of hydrogen-bond acceptors (Lipinski definition) is 3. The molecule has 0 aliphatic heterocycles. The lowest BCUT2D eigenvalue weighted by molar-refractivity contribution is 0.0692.